The Labute approximate surface area is 197 Å². The fourth-order valence-electron chi connectivity index (χ4n) is 3.16. The highest BCUT2D eigenvalue weighted by Gasteiger charge is 2.19. The number of aryl methyl sites for hydroxylation is 1. The summed E-state index contributed by atoms with van der Waals surface area (Å²) in [7, 11) is 1.62. The number of rotatable bonds is 11. The molecule has 0 atom stereocenters. The summed E-state index contributed by atoms with van der Waals surface area (Å²) in [6.07, 6.45) is 0.753. The van der Waals surface area contributed by atoms with Gasteiger partial charge in [0.05, 0.1) is 26.0 Å². The molecule has 0 aliphatic carbocycles. The van der Waals surface area contributed by atoms with Crippen LogP contribution in [0.4, 0.5) is 5.69 Å². The first-order valence-corrected chi connectivity index (χ1v) is 11.6. The Morgan fingerprint density at radius 1 is 1.15 bits per heavy atom. The van der Waals surface area contributed by atoms with Gasteiger partial charge in [-0.3, -0.25) is 9.59 Å². The van der Waals surface area contributed by atoms with Gasteiger partial charge in [-0.25, -0.2) is 4.68 Å². The van der Waals surface area contributed by atoms with E-state index in [0.717, 1.165) is 29.0 Å². The maximum atomic E-state index is 12.9. The molecule has 0 unspecified atom stereocenters. The fourth-order valence-corrected chi connectivity index (χ4v) is 3.94. The van der Waals surface area contributed by atoms with Crippen molar-refractivity contribution < 1.29 is 14.3 Å². The molecule has 0 bridgehead atoms. The standard InChI is InChI=1S/C23H28N6O3S/c1-4-13-28(15-21(30)24-20-8-6-5-7-17(20)2)22(31)16-33-23-25-26-27-29(23)14-18-9-11-19(32-3)12-10-18/h5-12H,4,13-16H2,1-3H3,(H,24,30). The van der Waals surface area contributed by atoms with Gasteiger partial charge in [0, 0.05) is 12.2 Å². The second-order valence-corrected chi connectivity index (χ2v) is 8.38. The number of nitrogens with one attached hydrogen (secondary N) is 1. The molecule has 10 heteroatoms. The van der Waals surface area contributed by atoms with Crippen molar-refractivity contribution in [3.8, 4) is 5.75 Å². The quantitative estimate of drug-likeness (QED) is 0.432. The number of hydrogen-bond acceptors (Lipinski definition) is 7. The van der Waals surface area contributed by atoms with Crippen LogP contribution in [0.2, 0.25) is 0 Å². The number of hydrogen-bond donors (Lipinski definition) is 1. The van der Waals surface area contributed by atoms with Crippen molar-refractivity contribution in [3.63, 3.8) is 0 Å². The lowest BCUT2D eigenvalue weighted by Crippen LogP contribution is -2.39. The number of aromatic nitrogens is 4. The minimum atomic E-state index is -0.222. The number of carbonyl (C=O) groups is 2. The molecule has 2 amide bonds. The van der Waals surface area contributed by atoms with Crippen molar-refractivity contribution in [1.29, 1.82) is 0 Å². The summed E-state index contributed by atoms with van der Waals surface area (Å²) in [5.41, 5.74) is 2.73. The largest absolute Gasteiger partial charge is 0.497 e. The molecule has 1 heterocycles. The number of ether oxygens (including phenoxy) is 1. The van der Waals surface area contributed by atoms with Crippen molar-refractivity contribution in [2.45, 2.75) is 32.0 Å². The van der Waals surface area contributed by atoms with Crippen LogP contribution >= 0.6 is 11.8 Å². The lowest BCUT2D eigenvalue weighted by Gasteiger charge is -2.21. The molecule has 0 aliphatic rings. The SMILES string of the molecule is CCCN(CC(=O)Nc1ccccc1C)C(=O)CSc1nnnn1Cc1ccc(OC)cc1. The normalized spacial score (nSPS) is 10.6. The summed E-state index contributed by atoms with van der Waals surface area (Å²) in [5.74, 6) is 0.556. The van der Waals surface area contributed by atoms with E-state index < -0.39 is 0 Å². The second-order valence-electron chi connectivity index (χ2n) is 7.43. The first-order chi connectivity index (χ1) is 16.0. The number of nitrogens with zero attached hydrogens (tertiary/aromatic N) is 5. The van der Waals surface area contributed by atoms with Crippen molar-refractivity contribution in [2.75, 3.05) is 31.3 Å². The molecular formula is C23H28N6O3S. The highest BCUT2D eigenvalue weighted by molar-refractivity contribution is 7.99. The van der Waals surface area contributed by atoms with E-state index in [4.69, 9.17) is 4.74 Å². The van der Waals surface area contributed by atoms with Gasteiger partial charge in [0.15, 0.2) is 0 Å². The molecule has 0 radical (unpaired) electrons. The number of thioether (sulfide) groups is 1. The van der Waals surface area contributed by atoms with Crippen LogP contribution in [0.25, 0.3) is 0 Å². The highest BCUT2D eigenvalue weighted by Crippen LogP contribution is 2.18. The lowest BCUT2D eigenvalue weighted by molar-refractivity contribution is -0.132. The van der Waals surface area contributed by atoms with Crippen molar-refractivity contribution in [1.82, 2.24) is 25.1 Å². The molecule has 0 aliphatic heterocycles. The van der Waals surface area contributed by atoms with E-state index in [0.29, 0.717) is 18.2 Å². The van der Waals surface area contributed by atoms with E-state index in [9.17, 15) is 9.59 Å². The molecule has 174 valence electrons. The first kappa shape index (κ1) is 24.2. The minimum Gasteiger partial charge on any atom is -0.497 e. The monoisotopic (exact) mass is 468 g/mol. The Bertz CT molecular complexity index is 1070. The zero-order valence-corrected chi connectivity index (χ0v) is 19.8. The predicted molar refractivity (Wildman–Crippen MR) is 127 cm³/mol. The van der Waals surface area contributed by atoms with Gasteiger partial charge in [0.25, 0.3) is 0 Å². The van der Waals surface area contributed by atoms with Gasteiger partial charge in [-0.1, -0.05) is 49.0 Å². The Morgan fingerprint density at radius 3 is 2.61 bits per heavy atom. The zero-order chi connectivity index (χ0) is 23.6. The van der Waals surface area contributed by atoms with E-state index in [-0.39, 0.29) is 24.1 Å². The van der Waals surface area contributed by atoms with Crippen LogP contribution in [-0.4, -0.2) is 62.9 Å². The number of para-hydroxylation sites is 1. The molecule has 3 aromatic rings. The first-order valence-electron chi connectivity index (χ1n) is 10.6. The zero-order valence-electron chi connectivity index (χ0n) is 19.0. The van der Waals surface area contributed by atoms with Gasteiger partial charge in [-0.15, -0.1) is 5.10 Å². The number of anilines is 1. The Morgan fingerprint density at radius 2 is 1.91 bits per heavy atom. The van der Waals surface area contributed by atoms with Gasteiger partial charge in [-0.05, 0) is 53.1 Å². The summed E-state index contributed by atoms with van der Waals surface area (Å²) >= 11 is 1.26. The van der Waals surface area contributed by atoms with Crippen LogP contribution in [0.3, 0.4) is 0 Å². The summed E-state index contributed by atoms with van der Waals surface area (Å²) in [6, 6.07) is 15.2. The molecule has 0 saturated heterocycles. The van der Waals surface area contributed by atoms with Crippen LogP contribution in [-0.2, 0) is 16.1 Å². The van der Waals surface area contributed by atoms with E-state index in [1.807, 2.05) is 62.4 Å². The third-order valence-corrected chi connectivity index (χ3v) is 5.86. The van der Waals surface area contributed by atoms with Crippen molar-refractivity contribution >= 4 is 29.3 Å². The van der Waals surface area contributed by atoms with E-state index in [1.165, 1.54) is 11.8 Å². The topological polar surface area (TPSA) is 102 Å². The molecule has 33 heavy (non-hydrogen) atoms. The van der Waals surface area contributed by atoms with Gasteiger partial charge in [-0.2, -0.15) is 0 Å². The van der Waals surface area contributed by atoms with Crippen LogP contribution in [0.15, 0.2) is 53.7 Å². The smallest absolute Gasteiger partial charge is 0.244 e. The molecule has 9 nitrogen and oxygen atoms in total. The van der Waals surface area contributed by atoms with Crippen LogP contribution in [0.5, 0.6) is 5.75 Å². The van der Waals surface area contributed by atoms with Gasteiger partial charge >= 0.3 is 0 Å². The van der Waals surface area contributed by atoms with Crippen LogP contribution < -0.4 is 10.1 Å². The van der Waals surface area contributed by atoms with Crippen LogP contribution in [0, 0.1) is 6.92 Å². The Kier molecular flexibility index (Phi) is 8.82. The molecule has 3 rings (SSSR count). The Hall–Kier alpha value is -3.40. The van der Waals surface area contributed by atoms with E-state index in [1.54, 1.807) is 16.7 Å². The molecule has 1 aromatic heterocycles. The second kappa shape index (κ2) is 12.0. The molecule has 0 saturated carbocycles. The molecule has 2 aromatic carbocycles. The number of amides is 2. The lowest BCUT2D eigenvalue weighted by atomic mass is 10.2. The number of methoxy groups -OCH3 is 1. The third kappa shape index (κ3) is 7.04. The van der Waals surface area contributed by atoms with Crippen LogP contribution in [0.1, 0.15) is 24.5 Å². The minimum absolute atomic E-state index is 0.00163. The summed E-state index contributed by atoms with van der Waals surface area (Å²) in [5, 5.41) is 15.2. The van der Waals surface area contributed by atoms with Crippen molar-refractivity contribution in [2.24, 2.45) is 0 Å². The third-order valence-electron chi connectivity index (χ3n) is 4.92. The average molecular weight is 469 g/mol. The van der Waals surface area contributed by atoms with E-state index >= 15 is 0 Å². The van der Waals surface area contributed by atoms with Gasteiger partial charge in [0.2, 0.25) is 17.0 Å². The molecular weight excluding hydrogens is 440 g/mol. The Balaban J connectivity index is 1.57. The molecule has 0 spiro atoms. The number of carbonyl (C=O) groups excluding carboxylic acids is 2. The fraction of sp³-hybridized carbons (Fsp3) is 0.348. The van der Waals surface area contributed by atoms with Crippen molar-refractivity contribution in [3.05, 3.63) is 59.7 Å². The molecule has 1 N–H and O–H groups in total. The van der Waals surface area contributed by atoms with Gasteiger partial charge in [0.1, 0.15) is 5.75 Å². The summed E-state index contributed by atoms with van der Waals surface area (Å²) in [4.78, 5) is 27.0. The number of tetrazole rings is 1. The molecule has 0 fully saturated rings. The maximum Gasteiger partial charge on any atom is 0.244 e. The summed E-state index contributed by atoms with van der Waals surface area (Å²) in [6.45, 7) is 4.88. The maximum absolute atomic E-state index is 12.9. The van der Waals surface area contributed by atoms with Gasteiger partial charge < -0.3 is 15.0 Å². The number of benzene rings is 2. The highest BCUT2D eigenvalue weighted by atomic mass is 32.2. The predicted octanol–water partition coefficient (Wildman–Crippen LogP) is 3.01. The average Bonchev–Trinajstić information content (AvgIpc) is 3.26. The summed E-state index contributed by atoms with van der Waals surface area (Å²) < 4.78 is 6.83. The van der Waals surface area contributed by atoms with E-state index in [2.05, 4.69) is 20.8 Å².